The van der Waals surface area contributed by atoms with E-state index in [9.17, 15) is 0 Å². The lowest BCUT2D eigenvalue weighted by atomic mass is 9.33. The van der Waals surface area contributed by atoms with E-state index in [1.165, 1.54) is 105 Å². The lowest BCUT2D eigenvalue weighted by Crippen LogP contribution is -2.60. The summed E-state index contributed by atoms with van der Waals surface area (Å²) < 4.78 is 4.60. The van der Waals surface area contributed by atoms with Crippen LogP contribution in [0.2, 0.25) is 0 Å². The second-order valence-corrected chi connectivity index (χ2v) is 20.0. The Balaban J connectivity index is 1.10. The lowest BCUT2D eigenvalue weighted by Gasteiger charge is -2.37. The van der Waals surface area contributed by atoms with Crippen LogP contribution >= 0.6 is 0 Å². The van der Waals surface area contributed by atoms with Gasteiger partial charge in [0, 0.05) is 10.8 Å². The molecule has 4 nitrogen and oxygen atoms in total. The highest BCUT2D eigenvalue weighted by Crippen LogP contribution is 2.60. The van der Waals surface area contributed by atoms with Gasteiger partial charge in [-0.1, -0.05) is 212 Å². The molecule has 0 bridgehead atoms. The predicted molar refractivity (Wildman–Crippen MR) is 290 cm³/mol. The van der Waals surface area contributed by atoms with Crippen LogP contribution in [0, 0.1) is 13.8 Å². The minimum atomic E-state index is -0.592. The van der Waals surface area contributed by atoms with Gasteiger partial charge in [0.15, 0.2) is 0 Å². The van der Waals surface area contributed by atoms with Crippen LogP contribution in [0.5, 0.6) is 0 Å². The molecule has 4 aliphatic rings. The van der Waals surface area contributed by atoms with Crippen LogP contribution in [-0.4, -0.2) is 26.3 Å². The molecule has 16 rings (SSSR count). The van der Waals surface area contributed by atoms with Gasteiger partial charge in [-0.05, 0) is 120 Å². The summed E-state index contributed by atoms with van der Waals surface area (Å²) in [5.74, 6) is 0. The summed E-state index contributed by atoms with van der Waals surface area (Å²) in [6.07, 6.45) is 0. The summed E-state index contributed by atoms with van der Waals surface area (Å²) in [4.78, 5) is 0. The molecule has 330 valence electrons. The van der Waals surface area contributed by atoms with E-state index in [1.54, 1.807) is 0 Å². The quantitative estimate of drug-likeness (QED) is 0.161. The number of aromatic nitrogens is 4. The lowest BCUT2D eigenvalue weighted by molar-refractivity contribution is 0.769. The molecule has 0 N–H and O–H groups in total. The molecule has 2 aromatic heterocycles. The van der Waals surface area contributed by atoms with Crippen molar-refractivity contribution in [2.24, 2.45) is 0 Å². The van der Waals surface area contributed by atoms with Crippen LogP contribution < -0.4 is 16.4 Å². The van der Waals surface area contributed by atoms with Crippen molar-refractivity contribution in [3.8, 4) is 44.8 Å². The van der Waals surface area contributed by atoms with Crippen LogP contribution in [0.25, 0.3) is 66.6 Å². The predicted octanol–water partition coefficient (Wildman–Crippen LogP) is 12.5. The first kappa shape index (κ1) is 39.1. The molecule has 0 fully saturated rings. The number of hydrogen-bond acceptors (Lipinski definition) is 2. The van der Waals surface area contributed by atoms with Crippen molar-refractivity contribution < 1.29 is 0 Å². The summed E-state index contributed by atoms with van der Waals surface area (Å²) >= 11 is 0. The van der Waals surface area contributed by atoms with E-state index in [-0.39, 0.29) is 6.71 Å². The third-order valence-electron chi connectivity index (χ3n) is 16.8. The maximum absolute atomic E-state index is 5.66. The SMILES string of the molecule is Cc1nn2c3c(cc4c(c13)-c1ccccc1C4(c1ccccc1)c1ccccc1)B1c3c-2cc(-c2ccccc2)cc3-n2nc(C)c3c4c(cc1c32)C(c1ccccc1)(c1ccccc1)c1ccccc1-4. The Labute approximate surface area is 412 Å². The van der Waals surface area contributed by atoms with Gasteiger partial charge in [0.2, 0.25) is 0 Å². The molecule has 0 saturated heterocycles. The van der Waals surface area contributed by atoms with Crippen LogP contribution in [0.1, 0.15) is 55.9 Å². The van der Waals surface area contributed by atoms with Crippen LogP contribution in [0.4, 0.5) is 0 Å². The van der Waals surface area contributed by atoms with Crippen LogP contribution in [0.15, 0.2) is 224 Å². The van der Waals surface area contributed by atoms with Gasteiger partial charge in [-0.15, -0.1) is 0 Å². The maximum atomic E-state index is 5.66. The Bertz CT molecular complexity index is 3900. The zero-order valence-electron chi connectivity index (χ0n) is 39.2. The minimum absolute atomic E-state index is 0.154. The van der Waals surface area contributed by atoms with E-state index < -0.39 is 10.8 Å². The molecule has 5 heteroatoms. The normalized spacial score (nSPS) is 14.5. The summed E-state index contributed by atoms with van der Waals surface area (Å²) in [6, 6.07) is 84.0. The van der Waals surface area contributed by atoms with Gasteiger partial charge in [0.1, 0.15) is 0 Å². The summed E-state index contributed by atoms with van der Waals surface area (Å²) in [5.41, 5.74) is 26.8. The molecular formula is C66H43BN4. The Kier molecular flexibility index (Phi) is 7.67. The standard InChI is InChI=1S/C66H43BN4/c1-40-58-60-48-32-18-20-34-50(48)65(44-24-10-4-11-25-44,45-26-12-5-13-27-45)52(60)38-54-63(58)70(68-40)56-36-43(42-22-8-3-9-23-42)37-57-62(56)67(54)55-39-53-61(59-41(2)69-71(57)64(55)59)49-33-19-21-35-51(49)66(53,46-28-14-6-15-29-46)47-30-16-7-17-31-47/h3-39H,1-2H3. The smallest absolute Gasteiger partial charge is 0.234 e. The summed E-state index contributed by atoms with van der Waals surface area (Å²) in [6.45, 7) is 4.30. The third kappa shape index (κ3) is 4.72. The van der Waals surface area contributed by atoms with Crippen molar-refractivity contribution in [1.82, 2.24) is 19.6 Å². The highest BCUT2D eigenvalue weighted by molar-refractivity contribution is 7.00. The molecule has 0 spiro atoms. The van der Waals surface area contributed by atoms with Gasteiger partial charge in [0.05, 0.1) is 44.6 Å². The first-order valence-corrected chi connectivity index (χ1v) is 24.9. The number of hydrogen-bond donors (Lipinski definition) is 0. The summed E-state index contributed by atoms with van der Waals surface area (Å²) in [7, 11) is 0. The van der Waals surface area contributed by atoms with Crippen molar-refractivity contribution in [1.29, 1.82) is 0 Å². The maximum Gasteiger partial charge on any atom is 0.252 e. The summed E-state index contributed by atoms with van der Waals surface area (Å²) in [5, 5.41) is 13.8. The second kappa shape index (κ2) is 13.9. The zero-order valence-corrected chi connectivity index (χ0v) is 39.2. The van der Waals surface area contributed by atoms with Gasteiger partial charge in [-0.3, -0.25) is 0 Å². The van der Waals surface area contributed by atoms with Gasteiger partial charge in [0.25, 0.3) is 6.71 Å². The molecule has 2 aliphatic carbocycles. The molecule has 71 heavy (non-hydrogen) atoms. The van der Waals surface area contributed by atoms with Crippen molar-refractivity contribution in [2.45, 2.75) is 24.7 Å². The van der Waals surface area contributed by atoms with E-state index >= 15 is 0 Å². The third-order valence-corrected chi connectivity index (χ3v) is 16.8. The fraction of sp³-hybridized carbons (Fsp3) is 0.0606. The zero-order chi connectivity index (χ0) is 46.7. The van der Waals surface area contributed by atoms with Gasteiger partial charge in [-0.25, -0.2) is 9.36 Å². The molecule has 10 aromatic carbocycles. The molecule has 4 heterocycles. The number of benzene rings is 10. The molecule has 0 amide bonds. The van der Waals surface area contributed by atoms with E-state index in [4.69, 9.17) is 10.2 Å². The highest BCUT2D eigenvalue weighted by Gasteiger charge is 2.53. The van der Waals surface area contributed by atoms with E-state index in [0.29, 0.717) is 0 Å². The minimum Gasteiger partial charge on any atom is -0.234 e. The van der Waals surface area contributed by atoms with Crippen molar-refractivity contribution in [3.05, 3.63) is 280 Å². The van der Waals surface area contributed by atoms with Crippen molar-refractivity contribution in [2.75, 3.05) is 0 Å². The van der Waals surface area contributed by atoms with E-state index in [1.807, 2.05) is 0 Å². The number of rotatable bonds is 5. The number of aryl methyl sites for hydroxylation is 2. The van der Waals surface area contributed by atoms with Gasteiger partial charge >= 0.3 is 0 Å². The molecule has 0 atom stereocenters. The Morgan fingerprint density at radius 3 is 1.11 bits per heavy atom. The molecule has 0 radical (unpaired) electrons. The van der Waals surface area contributed by atoms with Crippen LogP contribution in [0.3, 0.4) is 0 Å². The Morgan fingerprint density at radius 2 is 0.718 bits per heavy atom. The molecular weight excluding hydrogens is 860 g/mol. The average Bonchev–Trinajstić information content (AvgIpc) is 4.15. The average molecular weight is 903 g/mol. The first-order chi connectivity index (χ1) is 35.1. The molecule has 2 aliphatic heterocycles. The van der Waals surface area contributed by atoms with Gasteiger partial charge < -0.3 is 0 Å². The Morgan fingerprint density at radius 1 is 0.366 bits per heavy atom. The monoisotopic (exact) mass is 902 g/mol. The topological polar surface area (TPSA) is 35.6 Å². The molecule has 0 unspecified atom stereocenters. The molecule has 12 aromatic rings. The number of nitrogens with zero attached hydrogens (tertiary/aromatic N) is 4. The fourth-order valence-corrected chi connectivity index (χ4v) is 14.2. The van der Waals surface area contributed by atoms with E-state index in [2.05, 4.69) is 248 Å². The van der Waals surface area contributed by atoms with Crippen molar-refractivity contribution in [3.63, 3.8) is 0 Å². The fourth-order valence-electron chi connectivity index (χ4n) is 14.2. The van der Waals surface area contributed by atoms with E-state index in [0.717, 1.165) is 33.9 Å². The van der Waals surface area contributed by atoms with Gasteiger partial charge in [-0.2, -0.15) is 10.2 Å². The van der Waals surface area contributed by atoms with Crippen LogP contribution in [-0.2, 0) is 10.8 Å². The molecule has 0 saturated carbocycles. The Hall–Kier alpha value is -8.80. The number of fused-ring (bicyclic) bond motifs is 12. The second-order valence-electron chi connectivity index (χ2n) is 20.0. The highest BCUT2D eigenvalue weighted by atomic mass is 15.3. The largest absolute Gasteiger partial charge is 0.252 e. The van der Waals surface area contributed by atoms with Crippen molar-refractivity contribution >= 4 is 44.9 Å². The first-order valence-electron chi connectivity index (χ1n) is 24.9.